The Morgan fingerprint density at radius 3 is 2.60 bits per heavy atom. The van der Waals surface area contributed by atoms with Gasteiger partial charge in [0.15, 0.2) is 6.61 Å². The molecule has 0 heterocycles. The number of rotatable bonds is 5. The first-order valence-electron chi connectivity index (χ1n) is 6.46. The molecule has 0 aliphatic carbocycles. The zero-order chi connectivity index (χ0) is 14.4. The fourth-order valence-corrected chi connectivity index (χ4v) is 1.79. The molecule has 2 aromatic carbocycles. The lowest BCUT2D eigenvalue weighted by Gasteiger charge is -2.08. The van der Waals surface area contributed by atoms with Gasteiger partial charge in [0.25, 0.3) is 5.91 Å². The number of nitrogens with one attached hydrogen (secondary N) is 1. The fourth-order valence-electron chi connectivity index (χ4n) is 1.79. The Bertz CT molecular complexity index is 579. The maximum atomic E-state index is 11.8. The van der Waals surface area contributed by atoms with E-state index in [4.69, 9.17) is 10.5 Å². The van der Waals surface area contributed by atoms with Crippen LogP contribution in [0.2, 0.25) is 0 Å². The largest absolute Gasteiger partial charge is 0.484 e. The van der Waals surface area contributed by atoms with Crippen LogP contribution in [0.4, 0.5) is 5.69 Å². The van der Waals surface area contributed by atoms with Crippen molar-refractivity contribution in [1.82, 2.24) is 0 Å². The van der Waals surface area contributed by atoms with Crippen molar-refractivity contribution in [3.63, 3.8) is 0 Å². The van der Waals surface area contributed by atoms with Crippen molar-refractivity contribution in [2.24, 2.45) is 5.73 Å². The normalized spacial score (nSPS) is 10.1. The SMILES string of the molecule is Cc1cccc(NC(=O)COc2ccc(CN)cc2)c1. The molecule has 0 aliphatic rings. The Morgan fingerprint density at radius 2 is 1.95 bits per heavy atom. The molecule has 0 saturated heterocycles. The number of carbonyl (C=O) groups is 1. The van der Waals surface area contributed by atoms with E-state index in [0.717, 1.165) is 16.8 Å². The predicted octanol–water partition coefficient (Wildman–Crippen LogP) is 2.47. The molecule has 20 heavy (non-hydrogen) atoms. The molecule has 0 atom stereocenters. The topological polar surface area (TPSA) is 64.3 Å². The number of amides is 1. The molecule has 2 aromatic rings. The van der Waals surface area contributed by atoms with Crippen LogP contribution in [0.3, 0.4) is 0 Å². The van der Waals surface area contributed by atoms with E-state index in [0.29, 0.717) is 12.3 Å². The lowest BCUT2D eigenvalue weighted by Crippen LogP contribution is -2.20. The Morgan fingerprint density at radius 1 is 1.20 bits per heavy atom. The van der Waals surface area contributed by atoms with Gasteiger partial charge in [-0.25, -0.2) is 0 Å². The van der Waals surface area contributed by atoms with Crippen molar-refractivity contribution >= 4 is 11.6 Å². The summed E-state index contributed by atoms with van der Waals surface area (Å²) in [5.74, 6) is 0.472. The molecule has 0 fully saturated rings. The molecule has 4 nitrogen and oxygen atoms in total. The summed E-state index contributed by atoms with van der Waals surface area (Å²) in [5, 5.41) is 2.79. The van der Waals surface area contributed by atoms with Crippen LogP contribution in [-0.2, 0) is 11.3 Å². The van der Waals surface area contributed by atoms with Gasteiger partial charge in [0.2, 0.25) is 0 Å². The van der Waals surface area contributed by atoms with E-state index < -0.39 is 0 Å². The smallest absolute Gasteiger partial charge is 0.262 e. The molecule has 0 bridgehead atoms. The van der Waals surface area contributed by atoms with Gasteiger partial charge in [-0.15, -0.1) is 0 Å². The lowest BCUT2D eigenvalue weighted by atomic mass is 10.2. The van der Waals surface area contributed by atoms with Gasteiger partial charge in [-0.3, -0.25) is 4.79 Å². The quantitative estimate of drug-likeness (QED) is 0.877. The van der Waals surface area contributed by atoms with Crippen molar-refractivity contribution < 1.29 is 9.53 Å². The molecule has 0 aromatic heterocycles. The summed E-state index contributed by atoms with van der Waals surface area (Å²) in [4.78, 5) is 11.8. The Balaban J connectivity index is 1.85. The molecular weight excluding hydrogens is 252 g/mol. The Kier molecular flexibility index (Phi) is 4.74. The molecule has 2 rings (SSSR count). The second-order valence-corrected chi connectivity index (χ2v) is 4.55. The van der Waals surface area contributed by atoms with E-state index in [9.17, 15) is 4.79 Å². The van der Waals surface area contributed by atoms with E-state index in [-0.39, 0.29) is 12.5 Å². The van der Waals surface area contributed by atoms with E-state index in [1.807, 2.05) is 55.5 Å². The average molecular weight is 270 g/mol. The molecule has 0 aliphatic heterocycles. The first-order chi connectivity index (χ1) is 9.67. The van der Waals surface area contributed by atoms with Gasteiger partial charge in [-0.2, -0.15) is 0 Å². The van der Waals surface area contributed by atoms with Gasteiger partial charge in [0, 0.05) is 12.2 Å². The lowest BCUT2D eigenvalue weighted by molar-refractivity contribution is -0.118. The van der Waals surface area contributed by atoms with Crippen LogP contribution in [0, 0.1) is 6.92 Å². The Labute approximate surface area is 118 Å². The van der Waals surface area contributed by atoms with Crippen LogP contribution in [0.15, 0.2) is 48.5 Å². The highest BCUT2D eigenvalue weighted by Crippen LogP contribution is 2.12. The van der Waals surface area contributed by atoms with Crippen molar-refractivity contribution in [3.8, 4) is 5.75 Å². The van der Waals surface area contributed by atoms with Crippen molar-refractivity contribution in [2.75, 3.05) is 11.9 Å². The number of anilines is 1. The number of carbonyl (C=O) groups excluding carboxylic acids is 1. The van der Waals surface area contributed by atoms with Gasteiger partial charge in [-0.05, 0) is 42.3 Å². The molecule has 4 heteroatoms. The van der Waals surface area contributed by atoms with Crippen molar-refractivity contribution in [2.45, 2.75) is 13.5 Å². The van der Waals surface area contributed by atoms with Gasteiger partial charge >= 0.3 is 0 Å². The number of hydrogen-bond acceptors (Lipinski definition) is 3. The predicted molar refractivity (Wildman–Crippen MR) is 79.6 cm³/mol. The first kappa shape index (κ1) is 14.1. The number of ether oxygens (including phenoxy) is 1. The molecule has 3 N–H and O–H groups in total. The van der Waals surface area contributed by atoms with Crippen LogP contribution in [0.1, 0.15) is 11.1 Å². The molecule has 0 spiro atoms. The zero-order valence-electron chi connectivity index (χ0n) is 11.4. The van der Waals surface area contributed by atoms with Crippen molar-refractivity contribution in [3.05, 3.63) is 59.7 Å². The van der Waals surface area contributed by atoms with Crippen LogP contribution < -0.4 is 15.8 Å². The van der Waals surface area contributed by atoms with E-state index in [2.05, 4.69) is 5.32 Å². The highest BCUT2D eigenvalue weighted by atomic mass is 16.5. The first-order valence-corrected chi connectivity index (χ1v) is 6.46. The van der Waals surface area contributed by atoms with Gasteiger partial charge in [0.05, 0.1) is 0 Å². The minimum atomic E-state index is -0.182. The van der Waals surface area contributed by atoms with Gasteiger partial charge in [0.1, 0.15) is 5.75 Å². The highest BCUT2D eigenvalue weighted by Gasteiger charge is 2.03. The molecule has 104 valence electrons. The minimum Gasteiger partial charge on any atom is -0.484 e. The van der Waals surface area contributed by atoms with Crippen LogP contribution in [0.25, 0.3) is 0 Å². The maximum Gasteiger partial charge on any atom is 0.262 e. The Hall–Kier alpha value is -2.33. The second-order valence-electron chi connectivity index (χ2n) is 4.55. The summed E-state index contributed by atoms with van der Waals surface area (Å²) < 4.78 is 5.42. The molecule has 1 amide bonds. The number of benzene rings is 2. The third-order valence-electron chi connectivity index (χ3n) is 2.83. The zero-order valence-corrected chi connectivity index (χ0v) is 11.4. The second kappa shape index (κ2) is 6.73. The highest BCUT2D eigenvalue weighted by molar-refractivity contribution is 5.91. The summed E-state index contributed by atoms with van der Waals surface area (Å²) >= 11 is 0. The molecule has 0 unspecified atom stereocenters. The summed E-state index contributed by atoms with van der Waals surface area (Å²) in [7, 11) is 0. The fraction of sp³-hybridized carbons (Fsp3) is 0.188. The summed E-state index contributed by atoms with van der Waals surface area (Å²) in [6.07, 6.45) is 0. The maximum absolute atomic E-state index is 11.8. The minimum absolute atomic E-state index is 0.0179. The van der Waals surface area contributed by atoms with Crippen molar-refractivity contribution in [1.29, 1.82) is 0 Å². The molecule has 0 radical (unpaired) electrons. The molecular formula is C16H18N2O2. The number of nitrogens with two attached hydrogens (primary N) is 1. The summed E-state index contributed by atoms with van der Waals surface area (Å²) in [6.45, 7) is 2.45. The standard InChI is InChI=1S/C16H18N2O2/c1-12-3-2-4-14(9-12)18-16(19)11-20-15-7-5-13(10-17)6-8-15/h2-9H,10-11,17H2,1H3,(H,18,19). The van der Waals surface area contributed by atoms with Crippen LogP contribution in [0.5, 0.6) is 5.75 Å². The average Bonchev–Trinajstić information content (AvgIpc) is 2.46. The third kappa shape index (κ3) is 4.10. The summed E-state index contributed by atoms with van der Waals surface area (Å²) in [6, 6.07) is 15.0. The van der Waals surface area contributed by atoms with Gasteiger partial charge < -0.3 is 15.8 Å². The van der Waals surface area contributed by atoms with E-state index in [1.165, 1.54) is 0 Å². The van der Waals surface area contributed by atoms with Crippen LogP contribution >= 0.6 is 0 Å². The van der Waals surface area contributed by atoms with Gasteiger partial charge in [-0.1, -0.05) is 24.3 Å². The number of aryl methyl sites for hydroxylation is 1. The monoisotopic (exact) mass is 270 g/mol. The van der Waals surface area contributed by atoms with E-state index >= 15 is 0 Å². The third-order valence-corrected chi connectivity index (χ3v) is 2.83. The molecule has 0 saturated carbocycles. The van der Waals surface area contributed by atoms with Crippen LogP contribution in [-0.4, -0.2) is 12.5 Å². The summed E-state index contributed by atoms with van der Waals surface area (Å²) in [5.41, 5.74) is 8.42. The number of hydrogen-bond donors (Lipinski definition) is 2. The van der Waals surface area contributed by atoms with E-state index in [1.54, 1.807) is 0 Å².